The van der Waals surface area contributed by atoms with E-state index in [1.165, 1.54) is 0 Å². The Morgan fingerprint density at radius 2 is 1.50 bits per heavy atom. The fraction of sp³-hybridized carbons (Fsp3) is 0.579. The molecule has 158 valence electrons. The van der Waals surface area contributed by atoms with Crippen LogP contribution in [-0.2, 0) is 14.3 Å². The Balaban J connectivity index is 0.00000196. The van der Waals surface area contributed by atoms with E-state index in [-0.39, 0.29) is 36.6 Å². The highest BCUT2D eigenvalue weighted by Crippen LogP contribution is 2.27. The number of morpholine rings is 1. The zero-order valence-electron chi connectivity index (χ0n) is 15.9. The van der Waals surface area contributed by atoms with Gasteiger partial charge in [0.25, 0.3) is 0 Å². The number of benzene rings is 1. The van der Waals surface area contributed by atoms with E-state index in [4.69, 9.17) is 10.5 Å². The Labute approximate surface area is 178 Å². The number of hydrogen-bond acceptors (Lipinski definition) is 5. The molecule has 4 N–H and O–H groups in total. The summed E-state index contributed by atoms with van der Waals surface area (Å²) in [5, 5.41) is 5.78. The average Bonchev–Trinajstić information content (AvgIpc) is 2.64. The summed E-state index contributed by atoms with van der Waals surface area (Å²) in [5.41, 5.74) is 6.89. The molecule has 1 saturated heterocycles. The van der Waals surface area contributed by atoms with E-state index in [0.29, 0.717) is 31.1 Å². The van der Waals surface area contributed by atoms with Crippen LogP contribution in [0.2, 0.25) is 0 Å². The van der Waals surface area contributed by atoms with Gasteiger partial charge in [0, 0.05) is 24.5 Å². The number of rotatable bonds is 5. The van der Waals surface area contributed by atoms with Gasteiger partial charge in [0.2, 0.25) is 11.8 Å². The molecule has 3 rings (SSSR count). The molecule has 0 radical (unpaired) electrons. The second-order valence-electron chi connectivity index (χ2n) is 7.18. The molecule has 1 aliphatic carbocycles. The topological polar surface area (TPSA) is 96.7 Å². The zero-order chi connectivity index (χ0) is 18.4. The molecule has 0 bridgehead atoms. The largest absolute Gasteiger partial charge is 0.379 e. The predicted molar refractivity (Wildman–Crippen MR) is 115 cm³/mol. The van der Waals surface area contributed by atoms with Crippen molar-refractivity contribution >= 4 is 48.0 Å². The van der Waals surface area contributed by atoms with Crippen molar-refractivity contribution in [2.75, 3.05) is 43.5 Å². The van der Waals surface area contributed by atoms with Crippen molar-refractivity contribution < 1.29 is 14.3 Å². The SMILES string of the molecule is Cl.Cl.NC1(C(=O)Nc2ccc(NC(=O)CN3CCOCC3)cc2)CCCCC1. The third-order valence-electron chi connectivity index (χ3n) is 5.10. The third-order valence-corrected chi connectivity index (χ3v) is 5.10. The highest BCUT2D eigenvalue weighted by Gasteiger charge is 2.35. The third kappa shape index (κ3) is 6.90. The summed E-state index contributed by atoms with van der Waals surface area (Å²) in [5.74, 6) is -0.173. The number of amides is 2. The van der Waals surface area contributed by atoms with Crippen LogP contribution in [0, 0.1) is 0 Å². The minimum absolute atomic E-state index is 0. The summed E-state index contributed by atoms with van der Waals surface area (Å²) in [6, 6.07) is 7.15. The van der Waals surface area contributed by atoms with Crippen molar-refractivity contribution in [3.8, 4) is 0 Å². The predicted octanol–water partition coefficient (Wildman–Crippen LogP) is 2.40. The van der Waals surface area contributed by atoms with Gasteiger partial charge in [-0.25, -0.2) is 0 Å². The highest BCUT2D eigenvalue weighted by atomic mass is 35.5. The van der Waals surface area contributed by atoms with Crippen LogP contribution in [0.25, 0.3) is 0 Å². The van der Waals surface area contributed by atoms with E-state index >= 15 is 0 Å². The van der Waals surface area contributed by atoms with Gasteiger partial charge in [-0.2, -0.15) is 0 Å². The van der Waals surface area contributed by atoms with Gasteiger partial charge in [0.15, 0.2) is 0 Å². The maximum Gasteiger partial charge on any atom is 0.244 e. The van der Waals surface area contributed by atoms with Crippen molar-refractivity contribution in [1.82, 2.24) is 4.90 Å². The normalized spacial score (nSPS) is 18.9. The molecule has 9 heteroatoms. The van der Waals surface area contributed by atoms with E-state index < -0.39 is 5.54 Å². The monoisotopic (exact) mass is 432 g/mol. The van der Waals surface area contributed by atoms with Crippen molar-refractivity contribution in [3.05, 3.63) is 24.3 Å². The molecule has 0 atom stereocenters. The van der Waals surface area contributed by atoms with Gasteiger partial charge in [-0.1, -0.05) is 19.3 Å². The number of anilines is 2. The van der Waals surface area contributed by atoms with Gasteiger partial charge in [-0.05, 0) is 37.1 Å². The summed E-state index contributed by atoms with van der Waals surface area (Å²) in [6.07, 6.45) is 4.60. The first-order valence-electron chi connectivity index (χ1n) is 9.35. The van der Waals surface area contributed by atoms with E-state index in [2.05, 4.69) is 15.5 Å². The fourth-order valence-electron chi connectivity index (χ4n) is 3.47. The van der Waals surface area contributed by atoms with Gasteiger partial charge in [0.05, 0.1) is 25.3 Å². The second kappa shape index (κ2) is 11.6. The Morgan fingerprint density at radius 1 is 0.964 bits per heavy atom. The average molecular weight is 433 g/mol. The maximum atomic E-state index is 12.5. The number of carbonyl (C=O) groups is 2. The summed E-state index contributed by atoms with van der Waals surface area (Å²) >= 11 is 0. The van der Waals surface area contributed by atoms with Crippen molar-refractivity contribution in [2.24, 2.45) is 5.73 Å². The van der Waals surface area contributed by atoms with Gasteiger partial charge in [-0.15, -0.1) is 24.8 Å². The first kappa shape index (κ1) is 24.7. The Morgan fingerprint density at radius 3 is 2.07 bits per heavy atom. The number of carbonyl (C=O) groups excluding carboxylic acids is 2. The molecule has 1 aliphatic heterocycles. The molecule has 28 heavy (non-hydrogen) atoms. The molecule has 2 amide bonds. The van der Waals surface area contributed by atoms with Crippen LogP contribution < -0.4 is 16.4 Å². The molecule has 0 spiro atoms. The Hall–Kier alpha value is -1.38. The smallest absolute Gasteiger partial charge is 0.244 e. The van der Waals surface area contributed by atoms with Crippen molar-refractivity contribution in [1.29, 1.82) is 0 Å². The first-order chi connectivity index (χ1) is 12.5. The molecule has 1 saturated carbocycles. The Bertz CT molecular complexity index is 631. The second-order valence-corrected chi connectivity index (χ2v) is 7.18. The molecular weight excluding hydrogens is 403 g/mol. The number of nitrogens with zero attached hydrogens (tertiary/aromatic N) is 1. The molecule has 1 aromatic rings. The lowest BCUT2D eigenvalue weighted by molar-refractivity contribution is -0.122. The maximum absolute atomic E-state index is 12.5. The van der Waals surface area contributed by atoms with Crippen LogP contribution in [0.15, 0.2) is 24.3 Å². The van der Waals surface area contributed by atoms with Gasteiger partial charge < -0.3 is 21.1 Å². The molecule has 1 aromatic carbocycles. The van der Waals surface area contributed by atoms with Crippen LogP contribution in [0.4, 0.5) is 11.4 Å². The zero-order valence-corrected chi connectivity index (χ0v) is 17.6. The lowest BCUT2D eigenvalue weighted by atomic mass is 9.82. The van der Waals surface area contributed by atoms with Crippen molar-refractivity contribution in [2.45, 2.75) is 37.6 Å². The standard InChI is InChI=1S/C19H28N4O3.2ClH/c20-19(8-2-1-3-9-19)18(25)22-16-6-4-15(5-7-16)21-17(24)14-23-10-12-26-13-11-23;;/h4-7H,1-3,8-14,20H2,(H,21,24)(H,22,25);2*1H. The lowest BCUT2D eigenvalue weighted by Gasteiger charge is -2.31. The number of nitrogens with one attached hydrogen (secondary N) is 2. The van der Waals surface area contributed by atoms with E-state index in [9.17, 15) is 9.59 Å². The quantitative estimate of drug-likeness (QED) is 0.663. The Kier molecular flexibility index (Phi) is 10.2. The molecule has 0 aromatic heterocycles. The van der Waals surface area contributed by atoms with Crippen LogP contribution in [0.1, 0.15) is 32.1 Å². The number of halogens is 2. The highest BCUT2D eigenvalue weighted by molar-refractivity contribution is 5.98. The summed E-state index contributed by atoms with van der Waals surface area (Å²) in [7, 11) is 0. The van der Waals surface area contributed by atoms with Crippen LogP contribution in [0.5, 0.6) is 0 Å². The van der Waals surface area contributed by atoms with Crippen LogP contribution in [-0.4, -0.2) is 55.1 Å². The number of hydrogen-bond donors (Lipinski definition) is 3. The lowest BCUT2D eigenvalue weighted by Crippen LogP contribution is -2.52. The summed E-state index contributed by atoms with van der Waals surface area (Å²) in [6.45, 7) is 3.25. The molecule has 2 fully saturated rings. The summed E-state index contributed by atoms with van der Waals surface area (Å²) < 4.78 is 5.28. The summed E-state index contributed by atoms with van der Waals surface area (Å²) in [4.78, 5) is 26.6. The first-order valence-corrected chi connectivity index (χ1v) is 9.35. The fourth-order valence-corrected chi connectivity index (χ4v) is 3.47. The van der Waals surface area contributed by atoms with Crippen LogP contribution in [0.3, 0.4) is 0 Å². The van der Waals surface area contributed by atoms with Crippen molar-refractivity contribution in [3.63, 3.8) is 0 Å². The van der Waals surface area contributed by atoms with E-state index in [0.717, 1.165) is 45.2 Å². The number of nitrogens with two attached hydrogens (primary N) is 1. The molecule has 1 heterocycles. The minimum atomic E-state index is -0.761. The van der Waals surface area contributed by atoms with E-state index in [1.54, 1.807) is 24.3 Å². The molecule has 0 unspecified atom stereocenters. The molecular formula is C19H30Cl2N4O3. The van der Waals surface area contributed by atoms with E-state index in [1.807, 2.05) is 0 Å². The molecule has 2 aliphatic rings. The van der Waals surface area contributed by atoms with Crippen LogP contribution >= 0.6 is 24.8 Å². The number of ether oxygens (including phenoxy) is 1. The van der Waals surface area contributed by atoms with Gasteiger partial charge >= 0.3 is 0 Å². The minimum Gasteiger partial charge on any atom is -0.379 e. The molecule has 7 nitrogen and oxygen atoms in total. The van der Waals surface area contributed by atoms with Gasteiger partial charge in [0.1, 0.15) is 0 Å². The van der Waals surface area contributed by atoms with Gasteiger partial charge in [-0.3, -0.25) is 14.5 Å².